The predicted molar refractivity (Wildman–Crippen MR) is 205 cm³/mol. The molecular weight excluding hydrogens is 596 g/mol. The van der Waals surface area contributed by atoms with Gasteiger partial charge in [0.05, 0.1) is 6.61 Å². The second-order valence-electron chi connectivity index (χ2n) is 13.2. The number of Topliss-reactive ketones (excluding diaryl/α,β-unsaturated/α-hetero) is 1. The summed E-state index contributed by atoms with van der Waals surface area (Å²) in [6, 6.07) is 0. The Balaban J connectivity index is 4.27. The van der Waals surface area contributed by atoms with Crippen LogP contribution in [0, 0.1) is 0 Å². The normalized spacial score (nSPS) is 14.5. The van der Waals surface area contributed by atoms with Crippen LogP contribution in [0.2, 0.25) is 0 Å². The third-order valence-corrected chi connectivity index (χ3v) is 8.82. The van der Waals surface area contributed by atoms with Gasteiger partial charge in [0.15, 0.2) is 11.6 Å². The average molecular weight is 669 g/mol. The van der Waals surface area contributed by atoms with E-state index in [4.69, 9.17) is 0 Å². The summed E-state index contributed by atoms with van der Waals surface area (Å²) in [5.74, 6) is -1.67. The van der Waals surface area contributed by atoms with Gasteiger partial charge in [-0.1, -0.05) is 209 Å². The predicted octanol–water partition coefficient (Wildman–Crippen LogP) is 10.9. The summed E-state index contributed by atoms with van der Waals surface area (Å²) in [5.41, 5.74) is -2.64. The van der Waals surface area contributed by atoms with Crippen LogP contribution < -0.4 is 0 Å². The summed E-state index contributed by atoms with van der Waals surface area (Å²) in [7, 11) is 0. The van der Waals surface area contributed by atoms with Crippen molar-refractivity contribution in [3.63, 3.8) is 0 Å². The lowest BCUT2D eigenvalue weighted by molar-refractivity contribution is -0.163. The Morgan fingerprint density at radius 2 is 0.875 bits per heavy atom. The molecule has 0 aliphatic carbocycles. The maximum Gasteiger partial charge on any atom is 0.213 e. The van der Waals surface area contributed by atoms with Gasteiger partial charge in [0, 0.05) is 6.42 Å². The summed E-state index contributed by atoms with van der Waals surface area (Å²) < 4.78 is 0. The standard InChI is InChI=1S/C43H72O5/c1-3-5-7-9-11-13-15-17-19-20-21-22-24-26-28-30-32-34-36-38-41(46)43(48,42(47)39-44)40(45)37-35-33-31-29-27-25-23-18-16-14-12-10-8-6-4-2/h19-22,24,26,28,30,32,34,36,38,42,44,47-48H,3-18,23,25,27,29,31,33,35,37,39H2,1-2H3. The van der Waals surface area contributed by atoms with E-state index < -0.39 is 29.9 Å². The van der Waals surface area contributed by atoms with E-state index in [-0.39, 0.29) is 6.42 Å². The van der Waals surface area contributed by atoms with Crippen LogP contribution >= 0.6 is 0 Å². The van der Waals surface area contributed by atoms with E-state index in [2.05, 4.69) is 26.0 Å². The summed E-state index contributed by atoms with van der Waals surface area (Å²) in [4.78, 5) is 25.6. The van der Waals surface area contributed by atoms with E-state index in [0.717, 1.165) is 31.8 Å². The maximum absolute atomic E-state index is 12.8. The van der Waals surface area contributed by atoms with Crippen molar-refractivity contribution in [2.75, 3.05) is 6.61 Å². The lowest BCUT2D eigenvalue weighted by Gasteiger charge is -2.28. The first-order valence-corrected chi connectivity index (χ1v) is 19.5. The minimum atomic E-state index is -2.64. The van der Waals surface area contributed by atoms with Crippen LogP contribution in [0.5, 0.6) is 0 Å². The summed E-state index contributed by atoms with van der Waals surface area (Å²) in [6.45, 7) is 3.62. The molecule has 48 heavy (non-hydrogen) atoms. The first kappa shape index (κ1) is 45.7. The van der Waals surface area contributed by atoms with Gasteiger partial charge in [-0.15, -0.1) is 0 Å². The monoisotopic (exact) mass is 669 g/mol. The number of hydrogen-bond acceptors (Lipinski definition) is 5. The van der Waals surface area contributed by atoms with Crippen LogP contribution in [-0.2, 0) is 9.59 Å². The van der Waals surface area contributed by atoms with Crippen LogP contribution in [0.3, 0.4) is 0 Å². The number of carbonyl (C=O) groups is 2. The second kappa shape index (κ2) is 34.5. The minimum absolute atomic E-state index is 0.0141. The highest BCUT2D eigenvalue weighted by Gasteiger charge is 2.47. The summed E-state index contributed by atoms with van der Waals surface area (Å²) in [6.07, 6.45) is 48.1. The van der Waals surface area contributed by atoms with Gasteiger partial charge in [-0.2, -0.15) is 0 Å². The van der Waals surface area contributed by atoms with Crippen LogP contribution in [0.4, 0.5) is 0 Å². The van der Waals surface area contributed by atoms with Crippen molar-refractivity contribution < 1.29 is 24.9 Å². The Bertz CT molecular complexity index is 941. The Hall–Kier alpha value is -2.34. The maximum atomic E-state index is 12.8. The Kier molecular flexibility index (Phi) is 32.8. The van der Waals surface area contributed by atoms with Gasteiger partial charge in [-0.25, -0.2) is 0 Å². The quantitative estimate of drug-likeness (QED) is 0.0274. The number of aliphatic hydroxyl groups is 3. The first-order valence-electron chi connectivity index (χ1n) is 19.5. The fourth-order valence-electron chi connectivity index (χ4n) is 5.64. The molecule has 0 fully saturated rings. The molecule has 0 aromatic rings. The number of ketones is 2. The Morgan fingerprint density at radius 3 is 1.29 bits per heavy atom. The molecule has 0 radical (unpaired) electrons. The smallest absolute Gasteiger partial charge is 0.213 e. The molecule has 0 amide bonds. The molecule has 2 atom stereocenters. The van der Waals surface area contributed by atoms with Crippen molar-refractivity contribution in [1.82, 2.24) is 0 Å². The number of carbonyl (C=O) groups excluding carboxylic acids is 2. The van der Waals surface area contributed by atoms with Crippen molar-refractivity contribution >= 4 is 11.6 Å². The number of allylic oxidation sites excluding steroid dienone is 11. The Morgan fingerprint density at radius 1 is 0.521 bits per heavy atom. The van der Waals surface area contributed by atoms with Crippen molar-refractivity contribution in [1.29, 1.82) is 0 Å². The molecule has 5 nitrogen and oxygen atoms in total. The zero-order chi connectivity index (χ0) is 35.4. The van der Waals surface area contributed by atoms with Gasteiger partial charge in [-0.3, -0.25) is 9.59 Å². The molecule has 2 unspecified atom stereocenters. The molecule has 0 saturated heterocycles. The van der Waals surface area contributed by atoms with Crippen LogP contribution in [0.25, 0.3) is 0 Å². The molecule has 0 aromatic heterocycles. The van der Waals surface area contributed by atoms with Gasteiger partial charge in [0.1, 0.15) is 6.10 Å². The minimum Gasteiger partial charge on any atom is -0.394 e. The largest absolute Gasteiger partial charge is 0.394 e. The molecule has 0 heterocycles. The van der Waals surface area contributed by atoms with Gasteiger partial charge in [0.2, 0.25) is 5.60 Å². The highest BCUT2D eigenvalue weighted by molar-refractivity contribution is 6.15. The highest BCUT2D eigenvalue weighted by atomic mass is 16.4. The third-order valence-electron chi connectivity index (χ3n) is 8.82. The van der Waals surface area contributed by atoms with Crippen LogP contribution in [-0.4, -0.2) is 45.2 Å². The fraction of sp³-hybridized carbons (Fsp3) is 0.674. The molecule has 0 rings (SSSR count). The molecule has 0 bridgehead atoms. The SMILES string of the molecule is CCCCCCCCCC=CC=CC=CC=CC=CC=CC(=O)C(O)(C(=O)CCCCCCCCCCCCCCCCC)C(O)CO. The van der Waals surface area contributed by atoms with Gasteiger partial charge in [-0.05, 0) is 25.3 Å². The van der Waals surface area contributed by atoms with Crippen molar-refractivity contribution in [2.24, 2.45) is 0 Å². The zero-order valence-electron chi connectivity index (χ0n) is 30.8. The molecule has 0 aliphatic rings. The molecule has 3 N–H and O–H groups in total. The molecule has 0 saturated carbocycles. The topological polar surface area (TPSA) is 94.8 Å². The fourth-order valence-corrected chi connectivity index (χ4v) is 5.64. The highest BCUT2D eigenvalue weighted by Crippen LogP contribution is 2.20. The molecule has 0 aliphatic heterocycles. The number of rotatable bonds is 34. The lowest BCUT2D eigenvalue weighted by Crippen LogP contribution is -2.56. The first-order chi connectivity index (χ1) is 23.4. The lowest BCUT2D eigenvalue weighted by atomic mass is 9.84. The van der Waals surface area contributed by atoms with Crippen LogP contribution in [0.1, 0.15) is 168 Å². The second-order valence-corrected chi connectivity index (χ2v) is 13.2. The Labute approximate surface area is 295 Å². The number of unbranched alkanes of at least 4 members (excludes halogenated alkanes) is 21. The van der Waals surface area contributed by atoms with Crippen molar-refractivity contribution in [2.45, 2.75) is 180 Å². The average Bonchev–Trinajstić information content (AvgIpc) is 3.09. The summed E-state index contributed by atoms with van der Waals surface area (Å²) >= 11 is 0. The van der Waals surface area contributed by atoms with E-state index >= 15 is 0 Å². The van der Waals surface area contributed by atoms with Gasteiger partial charge < -0.3 is 15.3 Å². The van der Waals surface area contributed by atoms with E-state index in [1.165, 1.54) is 122 Å². The van der Waals surface area contributed by atoms with Crippen molar-refractivity contribution in [3.05, 3.63) is 72.9 Å². The molecule has 274 valence electrons. The van der Waals surface area contributed by atoms with Crippen molar-refractivity contribution in [3.8, 4) is 0 Å². The van der Waals surface area contributed by atoms with E-state index in [9.17, 15) is 24.9 Å². The molecule has 0 spiro atoms. The van der Waals surface area contributed by atoms with E-state index in [0.29, 0.717) is 6.42 Å². The molecule has 5 heteroatoms. The van der Waals surface area contributed by atoms with E-state index in [1.54, 1.807) is 18.2 Å². The van der Waals surface area contributed by atoms with E-state index in [1.807, 2.05) is 30.4 Å². The number of hydrogen-bond donors (Lipinski definition) is 3. The molecular formula is C43H72O5. The van der Waals surface area contributed by atoms with Gasteiger partial charge in [0.25, 0.3) is 0 Å². The third kappa shape index (κ3) is 25.6. The zero-order valence-corrected chi connectivity index (χ0v) is 30.8. The summed E-state index contributed by atoms with van der Waals surface area (Å²) in [5, 5.41) is 30.5. The van der Waals surface area contributed by atoms with Crippen LogP contribution in [0.15, 0.2) is 72.9 Å². The molecule has 0 aromatic carbocycles. The number of aliphatic hydroxyl groups excluding tert-OH is 2. The van der Waals surface area contributed by atoms with Gasteiger partial charge >= 0.3 is 0 Å².